The van der Waals surface area contributed by atoms with E-state index in [1.54, 1.807) is 14.0 Å². The molecular formula is C8H11F2N3. The first-order valence-corrected chi connectivity index (χ1v) is 3.90. The summed E-state index contributed by atoms with van der Waals surface area (Å²) in [7, 11) is 1.72. The lowest BCUT2D eigenvalue weighted by molar-refractivity contribution is 0.145. The van der Waals surface area contributed by atoms with Gasteiger partial charge in [0.25, 0.3) is 6.43 Å². The topological polar surface area (TPSA) is 37.8 Å². The van der Waals surface area contributed by atoms with E-state index in [4.69, 9.17) is 0 Å². The zero-order valence-electron chi connectivity index (χ0n) is 7.51. The highest BCUT2D eigenvalue weighted by Gasteiger charge is 2.10. The molecule has 0 amide bonds. The van der Waals surface area contributed by atoms with Gasteiger partial charge < -0.3 is 5.32 Å². The predicted octanol–water partition coefficient (Wildman–Crippen LogP) is 1.44. The van der Waals surface area contributed by atoms with E-state index in [1.165, 1.54) is 6.07 Å². The summed E-state index contributed by atoms with van der Waals surface area (Å²) in [6, 6.07) is 1.30. The van der Waals surface area contributed by atoms with E-state index < -0.39 is 6.43 Å². The molecule has 0 atom stereocenters. The van der Waals surface area contributed by atoms with Crippen LogP contribution in [0.3, 0.4) is 0 Å². The molecular weight excluding hydrogens is 176 g/mol. The molecule has 0 spiro atoms. The lowest BCUT2D eigenvalue weighted by Crippen LogP contribution is -2.11. The zero-order chi connectivity index (χ0) is 9.84. The fourth-order valence-corrected chi connectivity index (χ4v) is 1.01. The van der Waals surface area contributed by atoms with Crippen LogP contribution in [0.5, 0.6) is 0 Å². The van der Waals surface area contributed by atoms with Crippen LogP contribution >= 0.6 is 0 Å². The normalized spacial score (nSPS) is 10.8. The van der Waals surface area contributed by atoms with Gasteiger partial charge >= 0.3 is 0 Å². The van der Waals surface area contributed by atoms with Gasteiger partial charge in [-0.3, -0.25) is 0 Å². The van der Waals surface area contributed by atoms with E-state index in [2.05, 4.69) is 15.3 Å². The molecule has 13 heavy (non-hydrogen) atoms. The molecule has 0 fully saturated rings. The Kier molecular flexibility index (Phi) is 3.25. The Morgan fingerprint density at radius 1 is 1.46 bits per heavy atom. The smallest absolute Gasteiger partial charge is 0.280 e. The standard InChI is InChI=1S/C8H11F2N3/c1-5-3-6(8(9)10)13-7(12-5)4-11-2/h3,8,11H,4H2,1-2H3. The van der Waals surface area contributed by atoms with Gasteiger partial charge in [-0.05, 0) is 20.0 Å². The second kappa shape index (κ2) is 4.23. The van der Waals surface area contributed by atoms with Gasteiger partial charge in [0, 0.05) is 5.69 Å². The highest BCUT2D eigenvalue weighted by Crippen LogP contribution is 2.16. The summed E-state index contributed by atoms with van der Waals surface area (Å²) in [5.41, 5.74) is 0.355. The molecule has 1 aromatic heterocycles. The molecule has 0 saturated heterocycles. The number of aromatic nitrogens is 2. The van der Waals surface area contributed by atoms with Gasteiger partial charge in [-0.2, -0.15) is 0 Å². The van der Waals surface area contributed by atoms with Gasteiger partial charge in [0.2, 0.25) is 0 Å². The van der Waals surface area contributed by atoms with Gasteiger partial charge in [-0.15, -0.1) is 0 Å². The largest absolute Gasteiger partial charge is 0.313 e. The Balaban J connectivity index is 2.96. The molecule has 0 radical (unpaired) electrons. The minimum atomic E-state index is -2.53. The molecule has 72 valence electrons. The zero-order valence-corrected chi connectivity index (χ0v) is 7.51. The van der Waals surface area contributed by atoms with Crippen LogP contribution in [-0.2, 0) is 6.54 Å². The van der Waals surface area contributed by atoms with Crippen LogP contribution < -0.4 is 5.32 Å². The molecule has 0 unspecified atom stereocenters. The average Bonchev–Trinajstić information content (AvgIpc) is 2.03. The molecule has 0 aromatic carbocycles. The Labute approximate surface area is 75.2 Å². The van der Waals surface area contributed by atoms with Gasteiger partial charge in [-0.25, -0.2) is 18.7 Å². The number of aryl methyl sites for hydroxylation is 1. The van der Waals surface area contributed by atoms with Crippen LogP contribution in [0.25, 0.3) is 0 Å². The second-order valence-electron chi connectivity index (χ2n) is 2.68. The van der Waals surface area contributed by atoms with E-state index >= 15 is 0 Å². The third kappa shape index (κ3) is 2.69. The second-order valence-corrected chi connectivity index (χ2v) is 2.68. The summed E-state index contributed by atoms with van der Waals surface area (Å²) in [5, 5.41) is 2.81. The third-order valence-electron chi connectivity index (χ3n) is 1.48. The van der Waals surface area contributed by atoms with Gasteiger partial charge in [-0.1, -0.05) is 0 Å². The highest BCUT2D eigenvalue weighted by molar-refractivity contribution is 5.10. The Morgan fingerprint density at radius 2 is 2.15 bits per heavy atom. The maximum Gasteiger partial charge on any atom is 0.280 e. The monoisotopic (exact) mass is 187 g/mol. The van der Waals surface area contributed by atoms with E-state index in [9.17, 15) is 8.78 Å². The first kappa shape index (κ1) is 9.98. The summed E-state index contributed by atoms with van der Waals surface area (Å²) in [6.45, 7) is 2.08. The fourth-order valence-electron chi connectivity index (χ4n) is 1.01. The quantitative estimate of drug-likeness (QED) is 0.778. The van der Waals surface area contributed by atoms with Crippen LogP contribution in [0.15, 0.2) is 6.07 Å². The van der Waals surface area contributed by atoms with E-state index in [0.29, 0.717) is 18.1 Å². The van der Waals surface area contributed by atoms with Crippen molar-refractivity contribution < 1.29 is 8.78 Å². The molecule has 3 nitrogen and oxygen atoms in total. The first-order chi connectivity index (χ1) is 6.13. The number of hydrogen-bond acceptors (Lipinski definition) is 3. The number of nitrogens with zero attached hydrogens (tertiary/aromatic N) is 2. The molecule has 0 bridgehead atoms. The van der Waals surface area contributed by atoms with Crippen molar-refractivity contribution in [3.05, 3.63) is 23.3 Å². The van der Waals surface area contributed by atoms with Gasteiger partial charge in [0.1, 0.15) is 11.5 Å². The summed E-state index contributed by atoms with van der Waals surface area (Å²) < 4.78 is 24.5. The van der Waals surface area contributed by atoms with E-state index in [-0.39, 0.29) is 5.69 Å². The fraction of sp³-hybridized carbons (Fsp3) is 0.500. The summed E-state index contributed by atoms with van der Waals surface area (Å²) in [6.07, 6.45) is -2.53. The Bertz CT molecular complexity index is 289. The molecule has 1 heterocycles. The summed E-state index contributed by atoms with van der Waals surface area (Å²) in [5.74, 6) is 0.401. The van der Waals surface area contributed by atoms with E-state index in [1.807, 2.05) is 0 Å². The minimum absolute atomic E-state index is 0.210. The number of nitrogens with one attached hydrogen (secondary N) is 1. The van der Waals surface area contributed by atoms with Crippen molar-refractivity contribution in [2.24, 2.45) is 0 Å². The molecule has 0 aliphatic carbocycles. The molecule has 1 N–H and O–H groups in total. The highest BCUT2D eigenvalue weighted by atomic mass is 19.3. The van der Waals surface area contributed by atoms with Crippen LogP contribution in [0.1, 0.15) is 23.6 Å². The third-order valence-corrected chi connectivity index (χ3v) is 1.48. The van der Waals surface area contributed by atoms with Crippen LogP contribution in [0.4, 0.5) is 8.78 Å². The maximum atomic E-state index is 12.3. The lowest BCUT2D eigenvalue weighted by Gasteiger charge is -2.04. The van der Waals surface area contributed by atoms with Crippen LogP contribution in [0.2, 0.25) is 0 Å². The number of rotatable bonds is 3. The molecule has 5 heteroatoms. The lowest BCUT2D eigenvalue weighted by atomic mass is 10.3. The van der Waals surface area contributed by atoms with Crippen molar-refractivity contribution in [2.75, 3.05) is 7.05 Å². The van der Waals surface area contributed by atoms with Crippen molar-refractivity contribution in [2.45, 2.75) is 19.9 Å². The maximum absolute atomic E-state index is 12.3. The van der Waals surface area contributed by atoms with Crippen molar-refractivity contribution in [1.29, 1.82) is 0 Å². The summed E-state index contributed by atoms with van der Waals surface area (Å²) >= 11 is 0. The number of halogens is 2. The average molecular weight is 187 g/mol. The number of alkyl halides is 2. The van der Waals surface area contributed by atoms with Gasteiger partial charge in [0.15, 0.2) is 0 Å². The molecule has 1 rings (SSSR count). The molecule has 0 saturated carbocycles. The molecule has 0 aliphatic heterocycles. The van der Waals surface area contributed by atoms with Crippen LogP contribution in [-0.4, -0.2) is 17.0 Å². The van der Waals surface area contributed by atoms with Crippen molar-refractivity contribution >= 4 is 0 Å². The minimum Gasteiger partial charge on any atom is -0.313 e. The van der Waals surface area contributed by atoms with Crippen molar-refractivity contribution in [3.63, 3.8) is 0 Å². The van der Waals surface area contributed by atoms with Gasteiger partial charge in [0.05, 0.1) is 6.54 Å². The Hall–Kier alpha value is -1.10. The van der Waals surface area contributed by atoms with Crippen molar-refractivity contribution in [1.82, 2.24) is 15.3 Å². The Morgan fingerprint density at radius 3 is 2.69 bits per heavy atom. The first-order valence-electron chi connectivity index (χ1n) is 3.90. The van der Waals surface area contributed by atoms with E-state index in [0.717, 1.165) is 0 Å². The SMILES string of the molecule is CNCc1nc(C)cc(C(F)F)n1. The predicted molar refractivity (Wildman–Crippen MR) is 44.5 cm³/mol. The molecule has 0 aliphatic rings. The van der Waals surface area contributed by atoms with Crippen molar-refractivity contribution in [3.8, 4) is 0 Å². The molecule has 1 aromatic rings. The summed E-state index contributed by atoms with van der Waals surface area (Å²) in [4.78, 5) is 7.70. The van der Waals surface area contributed by atoms with Crippen LogP contribution in [0, 0.1) is 6.92 Å². The number of hydrogen-bond donors (Lipinski definition) is 1.